The van der Waals surface area contributed by atoms with E-state index in [1.165, 1.54) is 31.9 Å². The Kier molecular flexibility index (Phi) is 13.9. The molecule has 0 saturated carbocycles. The number of allylic oxidation sites excluding steroid dienone is 3. The molecule has 5 heterocycles. The molecule has 1 fully saturated rings. The molecule has 2 aliphatic heterocycles. The first-order chi connectivity index (χ1) is 26.3. The molecule has 9 nitrogen and oxygen atoms in total. The Labute approximate surface area is 348 Å². The smallest absolute Gasteiger partial charge is 0.664 e. The zero-order chi connectivity index (χ0) is 39.7. The number of Topliss-reactive ketones (excluding diaryl/α,β-unsaturated/α-hetero) is 1. The monoisotopic (exact) mass is 768 g/mol. The van der Waals surface area contributed by atoms with E-state index in [1.807, 2.05) is 25.2 Å². The number of carbonyl (C=O) groups is 3. The summed E-state index contributed by atoms with van der Waals surface area (Å²) < 4.78 is 10.9. The van der Waals surface area contributed by atoms with Crippen LogP contribution in [0.4, 0.5) is 0 Å². The first kappa shape index (κ1) is 43.1. The van der Waals surface area contributed by atoms with Gasteiger partial charge in [-0.2, -0.15) is 11.4 Å². The second kappa shape index (κ2) is 18.1. The van der Waals surface area contributed by atoms with Crippen LogP contribution in [-0.4, -0.2) is 54.5 Å². The topological polar surface area (TPSA) is 126 Å². The fraction of sp³-hybridized carbons (Fsp3) is 0.500. The number of ether oxygens (including phenoxy) is 2. The van der Waals surface area contributed by atoms with Crippen molar-refractivity contribution in [2.75, 3.05) is 13.7 Å². The Morgan fingerprint density at radius 1 is 0.893 bits per heavy atom. The van der Waals surface area contributed by atoms with Gasteiger partial charge in [0.25, 0.3) is 0 Å². The molecule has 0 aromatic carbocycles. The summed E-state index contributed by atoms with van der Waals surface area (Å²) >= 11 is 0. The van der Waals surface area contributed by atoms with Crippen LogP contribution in [0.1, 0.15) is 141 Å². The number of rotatable bonds is 13. The van der Waals surface area contributed by atoms with Crippen LogP contribution in [0.5, 0.6) is 0 Å². The Bertz CT molecular complexity index is 2230. The summed E-state index contributed by atoms with van der Waals surface area (Å²) in [6.07, 6.45) is 15.1. The van der Waals surface area contributed by atoms with Crippen LogP contribution < -0.4 is 25.7 Å². The standard InChI is InChI=1S/C46H57N4O5.Mg/c1-11-14-24(3)15-13-16-25(4)19-20-55-39(51)18-17-32-29(8)36-22-34-27(6)26(5)33(47-34)21-35-28(7)31(12-2)38(48-35)23-37-30(9)40-44(50-37)41(43(32)49-36)42(45(40)52)46(53)54-10;/h19,21-24,29,32,42H,11-18,20H2,1-10H3,(H-,49,50,52);/q-3;+2/p-1/b25-19-,35-21-,36-22-,38-23-;/t24-,29+,32+,42-;/m1./s1. The molecule has 3 aromatic heterocycles. The molecule has 0 spiro atoms. The van der Waals surface area contributed by atoms with E-state index in [-0.39, 0.29) is 59.7 Å². The van der Waals surface area contributed by atoms with Crippen LogP contribution in [0, 0.1) is 51.4 Å². The summed E-state index contributed by atoms with van der Waals surface area (Å²) in [7, 11) is 1.29. The van der Waals surface area contributed by atoms with Crippen LogP contribution in [-0.2, 0) is 25.5 Å². The first-order valence-electron chi connectivity index (χ1n) is 20.1. The van der Waals surface area contributed by atoms with Gasteiger partial charge >= 0.3 is 35.0 Å². The number of ketones is 1. The van der Waals surface area contributed by atoms with Gasteiger partial charge in [-0.3, -0.25) is 14.4 Å². The molecular formula is C46H56MgN4O5-2. The van der Waals surface area contributed by atoms with Crippen LogP contribution in [0.15, 0.2) is 23.0 Å². The average molecular weight is 769 g/mol. The summed E-state index contributed by atoms with van der Waals surface area (Å²) in [5, 5.41) is 6.86. The number of hydrogen-bond donors (Lipinski definition) is 0. The number of hydrogen-bond acceptors (Lipinski definition) is 5. The van der Waals surface area contributed by atoms with Crippen LogP contribution in [0.25, 0.3) is 29.1 Å². The minimum absolute atomic E-state index is 0. The maximum atomic E-state index is 14.3. The van der Waals surface area contributed by atoms with Gasteiger partial charge in [-0.1, -0.05) is 104 Å². The van der Waals surface area contributed by atoms with E-state index < -0.39 is 11.9 Å². The van der Waals surface area contributed by atoms with Crippen molar-refractivity contribution in [1.82, 2.24) is 15.0 Å². The molecule has 1 aliphatic carbocycles. The molecule has 0 amide bonds. The van der Waals surface area contributed by atoms with Gasteiger partial charge in [0.1, 0.15) is 12.5 Å². The van der Waals surface area contributed by atoms with Gasteiger partial charge in [-0.15, -0.1) is 33.5 Å². The van der Waals surface area contributed by atoms with Crippen molar-refractivity contribution < 1.29 is 23.9 Å². The van der Waals surface area contributed by atoms with Crippen molar-refractivity contribution in [3.63, 3.8) is 0 Å². The van der Waals surface area contributed by atoms with Gasteiger partial charge in [-0.05, 0) is 84.1 Å². The summed E-state index contributed by atoms with van der Waals surface area (Å²) in [5.41, 5.74) is 11.2. The largest absolute Gasteiger partial charge is 2.00 e. The third kappa shape index (κ3) is 8.33. The Hall–Kier alpha value is -4.02. The van der Waals surface area contributed by atoms with Crippen molar-refractivity contribution in [2.24, 2.45) is 23.7 Å². The fourth-order valence-corrected chi connectivity index (χ4v) is 8.59. The predicted octanol–water partition coefficient (Wildman–Crippen LogP) is 7.20. The molecule has 3 aromatic rings. The van der Waals surface area contributed by atoms with Gasteiger partial charge < -0.3 is 29.7 Å². The van der Waals surface area contributed by atoms with Gasteiger partial charge in [0.05, 0.1) is 7.11 Å². The van der Waals surface area contributed by atoms with Crippen molar-refractivity contribution in [3.8, 4) is 0 Å². The van der Waals surface area contributed by atoms with E-state index in [1.54, 1.807) is 0 Å². The van der Waals surface area contributed by atoms with Crippen molar-refractivity contribution >= 4 is 64.6 Å². The molecule has 1 saturated heterocycles. The number of methoxy groups -OCH3 is 1. The minimum atomic E-state index is -1.20. The molecule has 6 rings (SSSR count). The zero-order valence-corrected chi connectivity index (χ0v) is 36.4. The quantitative estimate of drug-likeness (QED) is 0.0774. The Morgan fingerprint density at radius 3 is 2.25 bits per heavy atom. The van der Waals surface area contributed by atoms with Crippen molar-refractivity contribution in [2.45, 2.75) is 114 Å². The Balaban J connectivity index is 0.00000600. The maximum Gasteiger partial charge on any atom is 2.00 e. The molecule has 0 radical (unpaired) electrons. The van der Waals surface area contributed by atoms with Gasteiger partial charge in [0, 0.05) is 12.0 Å². The summed E-state index contributed by atoms with van der Waals surface area (Å²) in [6.45, 7) is 19.1. The second-order valence-electron chi connectivity index (χ2n) is 15.9. The van der Waals surface area contributed by atoms with Crippen LogP contribution in [0.3, 0.4) is 0 Å². The molecule has 0 N–H and O–H groups in total. The van der Waals surface area contributed by atoms with E-state index in [2.05, 4.69) is 61.5 Å². The van der Waals surface area contributed by atoms with Gasteiger partial charge in [0.15, 0.2) is 5.78 Å². The van der Waals surface area contributed by atoms with Gasteiger partial charge in [-0.25, -0.2) is 0 Å². The zero-order valence-electron chi connectivity index (χ0n) is 35.0. The number of esters is 2. The molecule has 294 valence electrons. The average Bonchev–Trinajstić information content (AvgIpc) is 3.88. The van der Waals surface area contributed by atoms with E-state index in [4.69, 9.17) is 29.7 Å². The fourth-order valence-electron chi connectivity index (χ4n) is 8.59. The van der Waals surface area contributed by atoms with Crippen molar-refractivity contribution in [1.29, 1.82) is 0 Å². The molecule has 3 aliphatic rings. The Morgan fingerprint density at radius 2 is 1.57 bits per heavy atom. The van der Waals surface area contributed by atoms with E-state index in [0.717, 1.165) is 75.2 Å². The molecule has 8 bridgehead atoms. The van der Waals surface area contributed by atoms with E-state index in [9.17, 15) is 14.4 Å². The molecular weight excluding hydrogens is 713 g/mol. The number of carbonyl (C=O) groups excluding carboxylic acids is 3. The molecule has 0 unspecified atom stereocenters. The molecule has 10 heteroatoms. The first-order valence-corrected chi connectivity index (χ1v) is 20.1. The molecule has 56 heavy (non-hydrogen) atoms. The summed E-state index contributed by atoms with van der Waals surface area (Å²) in [6, 6.07) is 0. The SMILES string of the molecule is CCC[C@@H](C)CCC/C(C)=C\COC(=O)CC[C@@H]1/C2=C3/c4[n-]c(c(C)c4C(=O)[C@@H]3C(=O)OC)/C=c3\[n-]/c(c(C)c3CC)=C\c3[n-]c(c(C)c3C)/C=C(\[N-]2)[C@H]1C.[Mg+2]. The third-order valence-corrected chi connectivity index (χ3v) is 12.2. The predicted molar refractivity (Wildman–Crippen MR) is 222 cm³/mol. The van der Waals surface area contributed by atoms with E-state index >= 15 is 0 Å². The minimum Gasteiger partial charge on any atom is -0.664 e. The second-order valence-corrected chi connectivity index (χ2v) is 15.9. The summed E-state index contributed by atoms with van der Waals surface area (Å²) in [5.74, 6) is -2.22. The van der Waals surface area contributed by atoms with Gasteiger partial charge in [0.2, 0.25) is 0 Å². The summed E-state index contributed by atoms with van der Waals surface area (Å²) in [4.78, 5) is 56.1. The third-order valence-electron chi connectivity index (χ3n) is 12.2. The van der Waals surface area contributed by atoms with E-state index in [0.29, 0.717) is 40.2 Å². The van der Waals surface area contributed by atoms with Crippen LogP contribution in [0.2, 0.25) is 0 Å². The normalized spacial score (nSPS) is 22.6. The van der Waals surface area contributed by atoms with Crippen LogP contribution >= 0.6 is 0 Å². The molecule has 4 atom stereocenters. The number of aromatic nitrogens is 3. The maximum absolute atomic E-state index is 14.3. The number of nitrogens with zero attached hydrogens (tertiary/aromatic N) is 4. The van der Waals surface area contributed by atoms with Crippen molar-refractivity contribution in [3.05, 3.63) is 95.2 Å². The number of fused-ring (bicyclic) bond motifs is 7.